The van der Waals surface area contributed by atoms with E-state index < -0.39 is 40.7 Å². The van der Waals surface area contributed by atoms with E-state index in [2.05, 4.69) is 5.43 Å². The van der Waals surface area contributed by atoms with E-state index in [1.54, 1.807) is 37.1 Å². The Balaban J connectivity index is 2.58. The fraction of sp³-hybridized carbons (Fsp3) is 0.571. The summed E-state index contributed by atoms with van der Waals surface area (Å²) in [6.07, 6.45) is 1.84. The van der Waals surface area contributed by atoms with Crippen molar-refractivity contribution in [2.75, 3.05) is 38.3 Å². The Labute approximate surface area is 186 Å². The summed E-state index contributed by atoms with van der Waals surface area (Å²) in [6, 6.07) is 5.76. The van der Waals surface area contributed by atoms with Crippen molar-refractivity contribution in [3.05, 3.63) is 35.9 Å². The van der Waals surface area contributed by atoms with Gasteiger partial charge >= 0.3 is 18.0 Å². The molecule has 1 aromatic rings. The molecule has 9 nitrogen and oxygen atoms in total. The number of amides is 2. The fourth-order valence-corrected chi connectivity index (χ4v) is 4.38. The van der Waals surface area contributed by atoms with Gasteiger partial charge in [0, 0.05) is 25.3 Å². The van der Waals surface area contributed by atoms with Crippen LogP contribution in [0.4, 0.5) is 4.79 Å². The normalized spacial score (nSPS) is 18.3. The number of hydrogen-bond donors (Lipinski definition) is 3. The first-order chi connectivity index (χ1) is 14.7. The minimum atomic E-state index is -1.22. The van der Waals surface area contributed by atoms with Gasteiger partial charge in [0.25, 0.3) is 0 Å². The van der Waals surface area contributed by atoms with Crippen molar-refractivity contribution in [2.24, 2.45) is 0 Å². The average Bonchev–Trinajstić information content (AvgIpc) is 2.75. The Morgan fingerprint density at radius 2 is 1.74 bits per heavy atom. The molecule has 2 rings (SSSR count). The quantitative estimate of drug-likeness (QED) is 0.361. The van der Waals surface area contributed by atoms with Crippen LogP contribution in [-0.4, -0.2) is 94.1 Å². The predicted octanol–water partition coefficient (Wildman–Crippen LogP) is 1.68. The molecule has 10 heteroatoms. The number of rotatable bonds is 10. The van der Waals surface area contributed by atoms with Crippen LogP contribution in [0.15, 0.2) is 30.3 Å². The van der Waals surface area contributed by atoms with Crippen LogP contribution in [0.2, 0.25) is 0 Å². The average molecular weight is 455 g/mol. The third kappa shape index (κ3) is 5.97. The summed E-state index contributed by atoms with van der Waals surface area (Å²) in [7, 11) is 0. The smallest absolute Gasteiger partial charge is 0.439 e. The first-order valence-corrected chi connectivity index (χ1v) is 11.6. The molecule has 31 heavy (non-hydrogen) atoms. The predicted molar refractivity (Wildman–Crippen MR) is 118 cm³/mol. The number of nitrogens with one attached hydrogen (secondary N) is 1. The summed E-state index contributed by atoms with van der Waals surface area (Å²) in [5.41, 5.74) is 3.73. The van der Waals surface area contributed by atoms with Crippen LogP contribution in [0.1, 0.15) is 19.4 Å². The van der Waals surface area contributed by atoms with Gasteiger partial charge < -0.3 is 14.9 Å². The van der Waals surface area contributed by atoms with E-state index in [0.29, 0.717) is 26.3 Å². The summed E-state index contributed by atoms with van der Waals surface area (Å²) in [5, 5.41) is 20.0. The number of thioether (sulfide) groups is 1. The van der Waals surface area contributed by atoms with Crippen LogP contribution in [0.3, 0.4) is 0 Å². The van der Waals surface area contributed by atoms with Gasteiger partial charge in [-0.2, -0.15) is 11.8 Å². The summed E-state index contributed by atoms with van der Waals surface area (Å²) in [6.45, 7) is 4.84. The second-order valence-corrected chi connectivity index (χ2v) is 8.68. The number of carboxylic acid groups (broad SMARTS) is 2. The molecule has 172 valence electrons. The Morgan fingerprint density at radius 3 is 2.23 bits per heavy atom. The van der Waals surface area contributed by atoms with Gasteiger partial charge in [0.1, 0.15) is 6.04 Å². The molecule has 3 N–H and O–H groups in total. The number of ether oxygens (including phenoxy) is 1. The highest BCUT2D eigenvalue weighted by Gasteiger charge is 2.55. The monoisotopic (exact) mass is 454 g/mol. The number of carboxylic acids is 2. The molecule has 0 aliphatic carbocycles. The summed E-state index contributed by atoms with van der Waals surface area (Å²) in [4.78, 5) is 40.0. The summed E-state index contributed by atoms with van der Waals surface area (Å²) < 4.78 is 4.66. The minimum Gasteiger partial charge on any atom is -0.480 e. The molecule has 1 fully saturated rings. The van der Waals surface area contributed by atoms with Crippen molar-refractivity contribution in [3.8, 4) is 0 Å². The molecule has 1 saturated heterocycles. The lowest BCUT2D eigenvalue weighted by atomic mass is 10.0. The number of carbonyl (C=O) groups excluding carboxylic acids is 1. The zero-order valence-corrected chi connectivity index (χ0v) is 19.0. The number of carbonyl (C=O) groups is 3. The highest BCUT2D eigenvalue weighted by atomic mass is 32.2. The van der Waals surface area contributed by atoms with Gasteiger partial charge in [0.2, 0.25) is 6.04 Å². The molecular weight excluding hydrogens is 422 g/mol. The highest BCUT2D eigenvalue weighted by Crippen LogP contribution is 2.25. The number of hydrogen-bond acceptors (Lipinski definition) is 6. The zero-order chi connectivity index (χ0) is 23.0. The third-order valence-corrected chi connectivity index (χ3v) is 6.13. The van der Waals surface area contributed by atoms with Gasteiger partial charge in [-0.3, -0.25) is 9.69 Å². The molecular formula is C21H32N3O6S+. The lowest BCUT2D eigenvalue weighted by Gasteiger charge is -2.46. The van der Waals surface area contributed by atoms with Crippen molar-refractivity contribution >= 4 is 29.7 Å². The molecule has 1 unspecified atom stereocenters. The molecule has 2 amide bonds. The molecule has 0 bridgehead atoms. The van der Waals surface area contributed by atoms with Crippen molar-refractivity contribution in [2.45, 2.75) is 38.4 Å². The topological polar surface area (TPSA) is 116 Å². The Kier molecular flexibility index (Phi) is 9.30. The number of morpholine rings is 1. The van der Waals surface area contributed by atoms with Gasteiger partial charge in [0.15, 0.2) is 6.04 Å². The molecule has 1 heterocycles. The Bertz CT molecular complexity index is 757. The van der Waals surface area contributed by atoms with Crippen LogP contribution >= 0.6 is 11.8 Å². The third-order valence-electron chi connectivity index (χ3n) is 5.46. The molecule has 0 aromatic heterocycles. The molecule has 3 atom stereocenters. The van der Waals surface area contributed by atoms with Gasteiger partial charge in [-0.15, -0.1) is 10.0 Å². The molecule has 1 aliphatic rings. The van der Waals surface area contributed by atoms with E-state index in [1.165, 1.54) is 11.8 Å². The molecule has 0 spiro atoms. The van der Waals surface area contributed by atoms with Gasteiger partial charge in [-0.1, -0.05) is 30.3 Å². The van der Waals surface area contributed by atoms with Crippen LogP contribution in [-0.2, 0) is 20.7 Å². The largest absolute Gasteiger partial charge is 0.480 e. The lowest BCUT2D eigenvalue weighted by molar-refractivity contribution is -0.934. The molecule has 0 radical (unpaired) electrons. The summed E-state index contributed by atoms with van der Waals surface area (Å²) >= 11 is 1.32. The summed E-state index contributed by atoms with van der Waals surface area (Å²) in [5.74, 6) is -2.10. The maximum absolute atomic E-state index is 13.9. The van der Waals surface area contributed by atoms with Crippen molar-refractivity contribution < 1.29 is 33.9 Å². The van der Waals surface area contributed by atoms with E-state index in [1.807, 2.05) is 18.2 Å². The van der Waals surface area contributed by atoms with E-state index >= 15 is 0 Å². The van der Waals surface area contributed by atoms with Gasteiger partial charge in [-0.05, 0) is 25.7 Å². The second kappa shape index (κ2) is 11.5. The second-order valence-electron chi connectivity index (χ2n) is 7.77. The Hall–Kier alpha value is -2.14. The SMILES string of the molecule is CSC[C@H](N[N+](C(=O)N1CCOCC1)(C(C)C)[C@@H](Cc1ccccc1)C(=O)O)C(=O)O. The first-order valence-electron chi connectivity index (χ1n) is 10.3. The van der Waals surface area contributed by atoms with Gasteiger partial charge in [0.05, 0.1) is 13.2 Å². The molecule has 1 aromatic carbocycles. The van der Waals surface area contributed by atoms with E-state index in [4.69, 9.17) is 4.74 Å². The maximum Gasteiger partial charge on any atom is 0.439 e. The minimum absolute atomic E-state index is 0.0725. The standard InChI is InChI=1S/C21H31N3O6S/c1-15(2)24(22-17(14-31-3)19(25)26,21(29)23-9-11-30-12-10-23)18(20(27)28)13-16-7-5-4-6-8-16/h4-8,15,17-18,22H,9-14H2,1-3H3,(H-,25,26,27,28)/p+1/t17-,18-,24?/m0/s1. The Morgan fingerprint density at radius 1 is 1.13 bits per heavy atom. The number of benzene rings is 1. The fourth-order valence-electron chi connectivity index (χ4n) is 3.83. The first kappa shape index (κ1) is 25.1. The van der Waals surface area contributed by atoms with Crippen LogP contribution in [0.25, 0.3) is 0 Å². The molecule has 0 saturated carbocycles. The van der Waals surface area contributed by atoms with E-state index in [0.717, 1.165) is 5.56 Å². The van der Waals surface area contributed by atoms with E-state index in [9.17, 15) is 24.6 Å². The maximum atomic E-state index is 13.9. The zero-order valence-electron chi connectivity index (χ0n) is 18.2. The highest BCUT2D eigenvalue weighted by molar-refractivity contribution is 7.98. The lowest BCUT2D eigenvalue weighted by Crippen LogP contribution is -2.78. The van der Waals surface area contributed by atoms with Crippen LogP contribution < -0.4 is 5.43 Å². The van der Waals surface area contributed by atoms with Crippen LogP contribution in [0.5, 0.6) is 0 Å². The molecule has 1 aliphatic heterocycles. The van der Waals surface area contributed by atoms with E-state index in [-0.39, 0.29) is 12.2 Å². The number of nitrogens with zero attached hydrogens (tertiary/aromatic N) is 2. The van der Waals surface area contributed by atoms with Crippen molar-refractivity contribution in [1.29, 1.82) is 0 Å². The van der Waals surface area contributed by atoms with Crippen molar-refractivity contribution in [3.63, 3.8) is 0 Å². The number of aliphatic carboxylic acids is 2. The van der Waals surface area contributed by atoms with Gasteiger partial charge in [-0.25, -0.2) is 9.59 Å². The number of quaternary nitrogens is 1. The van der Waals surface area contributed by atoms with Crippen molar-refractivity contribution in [1.82, 2.24) is 10.3 Å². The number of urea groups is 1. The van der Waals surface area contributed by atoms with Crippen LogP contribution in [0, 0.1) is 0 Å².